The molecule has 0 radical (unpaired) electrons. The lowest BCUT2D eigenvalue weighted by molar-refractivity contribution is -0.385. The number of hydrogen-bond donors (Lipinski definition) is 5. The summed E-state index contributed by atoms with van der Waals surface area (Å²) in [6.45, 7) is 17.2. The summed E-state index contributed by atoms with van der Waals surface area (Å²) in [6.07, 6.45) is 2.51. The van der Waals surface area contributed by atoms with E-state index in [0.717, 1.165) is 35.5 Å². The molecule has 0 atom stereocenters. The Balaban J connectivity index is 0.000000159. The Bertz CT molecular complexity index is 5380. The number of esters is 1. The Morgan fingerprint density at radius 3 is 1.37 bits per heavy atom. The van der Waals surface area contributed by atoms with E-state index in [4.69, 9.17) is 139 Å². The molecule has 0 spiro atoms. The number of aromatic carboxylic acids is 1. The van der Waals surface area contributed by atoms with Crippen LogP contribution in [0.1, 0.15) is 79.2 Å². The number of nitro groups is 1. The highest BCUT2D eigenvalue weighted by Crippen LogP contribution is 2.40. The van der Waals surface area contributed by atoms with E-state index in [-0.39, 0.29) is 56.4 Å². The summed E-state index contributed by atoms with van der Waals surface area (Å²) in [5, 5.41) is 48.8. The molecule has 0 bridgehead atoms. The predicted molar refractivity (Wildman–Crippen MR) is 417 cm³/mol. The third-order valence-electron chi connectivity index (χ3n) is 14.5. The van der Waals surface area contributed by atoms with E-state index < -0.39 is 35.4 Å². The zero-order valence-electron chi connectivity index (χ0n) is 55.8. The van der Waals surface area contributed by atoms with Crippen molar-refractivity contribution in [3.63, 3.8) is 0 Å². The van der Waals surface area contributed by atoms with E-state index >= 15 is 0 Å². The van der Waals surface area contributed by atoms with Crippen molar-refractivity contribution in [2.45, 2.75) is 73.5 Å². The molecule has 0 saturated carbocycles. The molecule has 37 heteroatoms. The number of carbonyl (C=O) groups excluding carboxylic acids is 1. The zero-order chi connectivity index (χ0) is 77.3. The number of oxazole rings is 4. The van der Waals surface area contributed by atoms with Crippen LogP contribution in [0.15, 0.2) is 151 Å². The highest BCUT2D eigenvalue weighted by Gasteiger charge is 2.52. The molecule has 1 saturated heterocycles. The van der Waals surface area contributed by atoms with Crippen LogP contribution in [0.5, 0.6) is 17.2 Å². The molecule has 13 aromatic rings. The van der Waals surface area contributed by atoms with Crippen LogP contribution in [-0.4, -0.2) is 102 Å². The Morgan fingerprint density at radius 2 is 0.924 bits per heavy atom. The largest absolute Gasteiger partial charge is 0.506 e. The monoisotopic (exact) mass is 1820 g/mol. The van der Waals surface area contributed by atoms with Gasteiger partial charge in [0.1, 0.15) is 40.5 Å². The average Bonchev–Trinajstić information content (AvgIpc) is 1.62. The molecule has 0 aliphatic carbocycles. The molecule has 7 aromatic carbocycles. The first kappa shape index (κ1) is 82.7. The van der Waals surface area contributed by atoms with Crippen LogP contribution in [0, 0.1) is 37.8 Å². The Labute approximate surface area is 665 Å². The van der Waals surface area contributed by atoms with Gasteiger partial charge in [0, 0.05) is 62.8 Å². The van der Waals surface area contributed by atoms with Gasteiger partial charge in [-0.3, -0.25) is 10.1 Å². The fourth-order valence-corrected chi connectivity index (χ4v) is 12.9. The minimum absolute atomic E-state index is 0.0453. The van der Waals surface area contributed by atoms with Crippen molar-refractivity contribution in [2.75, 3.05) is 12.3 Å². The van der Waals surface area contributed by atoms with Crippen molar-refractivity contribution < 1.29 is 66.7 Å². The van der Waals surface area contributed by atoms with Crippen molar-refractivity contribution >= 4 is 225 Å². The number of anilines is 1. The summed E-state index contributed by atoms with van der Waals surface area (Å²) < 4.78 is 41.5. The first-order valence-corrected chi connectivity index (χ1v) is 35.9. The molecule has 25 nitrogen and oxygen atoms in total. The number of nitrogens with two attached hydrogens (primary N) is 1. The van der Waals surface area contributed by atoms with Gasteiger partial charge < -0.3 is 57.9 Å². The maximum atomic E-state index is 11.7. The van der Waals surface area contributed by atoms with Crippen LogP contribution in [0.4, 0.5) is 11.4 Å². The van der Waals surface area contributed by atoms with Crippen LogP contribution >= 0.6 is 145 Å². The van der Waals surface area contributed by atoms with Crippen LogP contribution in [0.3, 0.4) is 0 Å². The summed E-state index contributed by atoms with van der Waals surface area (Å²) in [5.74, 6) is 0.193. The van der Waals surface area contributed by atoms with E-state index in [1.165, 1.54) is 36.9 Å². The molecular weight excluding hydrogens is 1780 g/mol. The number of fused-ring (bicyclic) bond motifs is 4. The average molecular weight is 1830 g/mol. The topological polar surface area (TPSA) is 368 Å². The number of aromatic hydroxyl groups is 3. The highest BCUT2D eigenvalue weighted by molar-refractivity contribution is 9.11. The van der Waals surface area contributed by atoms with E-state index in [9.17, 15) is 19.7 Å². The SMILES string of the molecule is CCOC(=O)c1cc(-c2cc(Cl)c3oc(C)nc3c2)ncn1.Cc1nc2cc(-c3cc(C(=O)O)ncn3)cc(Cl)c2o1.Cc1nc2cc(B3OC(C)(C)C(C)(C)O3)cc(Cl)c2o1.Cc1nc2cc(Br)cc(Cl)c2o1.Nc1cc(Br)cc(Cl)c1O.O=[N+]([O-])c1cc(Br)cc(Cl)c1O.Oc1ccc(Br)cc1Cl. The summed E-state index contributed by atoms with van der Waals surface area (Å²) in [4.78, 5) is 65.0. The summed E-state index contributed by atoms with van der Waals surface area (Å²) >= 11 is 53.8. The molecule has 7 heterocycles. The number of phenolic OH excluding ortho intramolecular Hbond substituents is 3. The quantitative estimate of drug-likeness (QED) is 0.0247. The van der Waals surface area contributed by atoms with Crippen molar-refractivity contribution in [3.8, 4) is 39.8 Å². The number of ether oxygens (including phenoxy) is 1. The lowest BCUT2D eigenvalue weighted by atomic mass is 9.79. The Kier molecular flexibility index (Phi) is 28.1. The number of carbonyl (C=O) groups is 2. The number of nitrogens with zero attached hydrogens (tertiary/aromatic N) is 9. The normalized spacial score (nSPS) is 12.4. The third kappa shape index (κ3) is 21.4. The van der Waals surface area contributed by atoms with Crippen LogP contribution in [0.2, 0.25) is 35.2 Å². The minimum atomic E-state index is -1.11. The number of hydrogen-bond acceptors (Lipinski definition) is 23. The number of aromatic nitrogens is 8. The summed E-state index contributed by atoms with van der Waals surface area (Å²) in [7, 11) is -0.445. The number of carboxylic acid groups (broad SMARTS) is 1. The molecule has 6 aromatic heterocycles. The smallest absolute Gasteiger partial charge is 0.494 e. The number of aryl methyl sites for hydroxylation is 4. The lowest BCUT2D eigenvalue weighted by Gasteiger charge is -2.32. The van der Waals surface area contributed by atoms with Gasteiger partial charge in [0.25, 0.3) is 0 Å². The number of halogens is 11. The maximum Gasteiger partial charge on any atom is 0.494 e. The summed E-state index contributed by atoms with van der Waals surface area (Å²) in [5.41, 5.74) is 12.9. The van der Waals surface area contributed by atoms with Gasteiger partial charge in [-0.1, -0.05) is 145 Å². The van der Waals surface area contributed by atoms with E-state index in [2.05, 4.69) is 104 Å². The first-order chi connectivity index (χ1) is 49.3. The standard InChI is InChI=1S/C15H12ClN3O3.C14H17BClNO3.C13H8ClN3O3.C8H5BrClNO.C6H3BrClNO3.C6H5BrClNO.C6H4BrClO/c1-3-21-15(20)13-6-11(17-7-18-13)9-4-10(16)14-12(5-9)19-8(2)22-14;1-8-17-11-7-9(6-10(16)12(11)18-8)15-19-13(2,3)14(4,5)20-15;1-6-17-10-3-7(2-8(14)12(10)20-6)9-4-11(13(18)19)16-5-15-9;1-4-11-7-3-5(9)2-6(10)8(7)12-4;7-3-1-4(8)6(10)5(2-3)9(11)12;7-3-1-4(8)6(10)5(9)2-3;7-4-1-2-6(9)5(8)3-4/h4-7H,3H2,1-2H3;6-7H,1-5H3;2-5H,1H3,(H,18,19);2-3H,1H3;1-2,10H;1-2,10H,9H2;1-3,9H. The van der Waals surface area contributed by atoms with Gasteiger partial charge in [-0.15, -0.1) is 0 Å². The minimum Gasteiger partial charge on any atom is -0.506 e. The van der Waals surface area contributed by atoms with E-state index in [1.54, 1.807) is 95.3 Å². The molecule has 0 unspecified atom stereocenters. The fraction of sp³-hybridized carbons (Fsp3) is 0.176. The molecule has 1 aliphatic rings. The van der Waals surface area contributed by atoms with Crippen molar-refractivity contribution in [1.82, 2.24) is 39.9 Å². The third-order valence-corrected chi connectivity index (χ3v) is 18.4. The second-order valence-corrected chi connectivity index (χ2v) is 29.3. The summed E-state index contributed by atoms with van der Waals surface area (Å²) in [6, 6.07) is 27.8. The Morgan fingerprint density at radius 1 is 0.524 bits per heavy atom. The number of carboxylic acids is 1. The number of nitro benzene ring substituents is 1. The van der Waals surface area contributed by atoms with Crippen molar-refractivity contribution in [1.29, 1.82) is 0 Å². The Hall–Kier alpha value is -7.95. The number of phenols is 3. The van der Waals surface area contributed by atoms with Gasteiger partial charge in [0.15, 0.2) is 63.0 Å². The van der Waals surface area contributed by atoms with Gasteiger partial charge in [-0.25, -0.2) is 49.5 Å². The molecule has 14 rings (SSSR count). The van der Waals surface area contributed by atoms with E-state index in [1.807, 2.05) is 45.9 Å². The predicted octanol–water partition coefficient (Wildman–Crippen LogP) is 20.9. The number of nitrogen functional groups attached to an aromatic ring is 1. The van der Waals surface area contributed by atoms with Crippen LogP contribution in [0.25, 0.3) is 66.9 Å². The van der Waals surface area contributed by atoms with Crippen LogP contribution in [-0.2, 0) is 14.0 Å². The zero-order valence-corrected chi connectivity index (χ0v) is 67.4. The molecule has 0 amide bonds. The highest BCUT2D eigenvalue weighted by atomic mass is 79.9. The van der Waals surface area contributed by atoms with Gasteiger partial charge in [-0.05, 0) is 137 Å². The van der Waals surface area contributed by atoms with Crippen molar-refractivity contribution in [3.05, 3.63) is 214 Å². The van der Waals surface area contributed by atoms with Crippen molar-refractivity contribution in [2.24, 2.45) is 0 Å². The second-order valence-electron chi connectivity index (χ2n) is 22.8. The number of rotatable bonds is 7. The second kappa shape index (κ2) is 35.6. The maximum absolute atomic E-state index is 11.7. The van der Waals surface area contributed by atoms with E-state index in [0.29, 0.717) is 103 Å². The van der Waals surface area contributed by atoms with Gasteiger partial charge >= 0.3 is 24.7 Å². The molecular formula is C68H54BBr4Cl7N10O15. The molecule has 546 valence electrons. The molecule has 6 N–H and O–H groups in total. The fourth-order valence-electron chi connectivity index (χ4n) is 9.03. The van der Waals surface area contributed by atoms with Gasteiger partial charge in [0.05, 0.1) is 75.0 Å². The molecule has 1 aliphatic heterocycles. The van der Waals surface area contributed by atoms with Crippen LogP contribution < -0.4 is 11.2 Å². The van der Waals surface area contributed by atoms with Gasteiger partial charge in [0.2, 0.25) is 5.75 Å². The number of benzene rings is 7. The molecule has 1 fully saturated rings. The molecule has 105 heavy (non-hydrogen) atoms. The lowest BCUT2D eigenvalue weighted by Crippen LogP contribution is -2.41. The first-order valence-electron chi connectivity index (χ1n) is 30.0. The van der Waals surface area contributed by atoms with Gasteiger partial charge in [-0.2, -0.15) is 0 Å².